The Kier molecular flexibility index (Phi) is 6.96. The minimum absolute atomic E-state index is 0.0786. The van der Waals surface area contributed by atoms with Crippen LogP contribution >= 0.6 is 0 Å². The monoisotopic (exact) mass is 288 g/mol. The van der Waals surface area contributed by atoms with Crippen LogP contribution in [0.25, 0.3) is 0 Å². The Morgan fingerprint density at radius 2 is 1.95 bits per heavy atom. The van der Waals surface area contributed by atoms with E-state index in [1.165, 1.54) is 0 Å². The Labute approximate surface area is 124 Å². The van der Waals surface area contributed by atoms with Crippen molar-refractivity contribution in [1.82, 2.24) is 5.32 Å². The lowest BCUT2D eigenvalue weighted by Crippen LogP contribution is -2.30. The van der Waals surface area contributed by atoms with E-state index in [0.717, 1.165) is 12.0 Å². The van der Waals surface area contributed by atoms with Crippen LogP contribution in [-0.2, 0) is 14.3 Å². The fourth-order valence-electron chi connectivity index (χ4n) is 1.92. The van der Waals surface area contributed by atoms with E-state index >= 15 is 0 Å². The first kappa shape index (κ1) is 16.7. The Morgan fingerprint density at radius 3 is 2.48 bits per heavy atom. The van der Waals surface area contributed by atoms with Crippen molar-refractivity contribution in [3.8, 4) is 6.07 Å². The molecule has 0 bridgehead atoms. The lowest BCUT2D eigenvalue weighted by atomic mass is 10.0. The number of carbonyl (C=O) groups is 2. The van der Waals surface area contributed by atoms with Gasteiger partial charge in [0, 0.05) is 6.42 Å². The van der Waals surface area contributed by atoms with Crippen LogP contribution in [0.2, 0.25) is 0 Å². The fourth-order valence-corrected chi connectivity index (χ4v) is 1.92. The fraction of sp³-hybridized carbons (Fsp3) is 0.438. The number of carbonyl (C=O) groups excluding carboxylic acids is 2. The molecule has 0 radical (unpaired) electrons. The van der Waals surface area contributed by atoms with Gasteiger partial charge in [0.15, 0.2) is 0 Å². The molecule has 5 heteroatoms. The average Bonchev–Trinajstić information content (AvgIpc) is 2.47. The molecule has 1 atom stereocenters. The highest BCUT2D eigenvalue weighted by Gasteiger charge is 2.18. The van der Waals surface area contributed by atoms with Crippen molar-refractivity contribution in [3.05, 3.63) is 35.4 Å². The Morgan fingerprint density at radius 1 is 1.29 bits per heavy atom. The molecular formula is C16H20N2O3. The number of amides is 1. The Hall–Kier alpha value is -2.35. The number of hydrogen-bond donors (Lipinski definition) is 1. The minimum atomic E-state index is -0.434. The molecule has 0 aliphatic rings. The standard InChI is InChI=1S/C16H20N2O3/c1-3-5-15(19)18-14(10-16(20)21-4-2)13-8-6-12(11-17)7-9-13/h6-9,14H,3-5,10H2,1-2H3,(H,18,19)/t14-/m0/s1. The van der Waals surface area contributed by atoms with Crippen molar-refractivity contribution in [2.24, 2.45) is 0 Å². The zero-order chi connectivity index (χ0) is 15.7. The Bertz CT molecular complexity index is 497. The molecule has 112 valence electrons. The van der Waals surface area contributed by atoms with Gasteiger partial charge in [0.05, 0.1) is 30.7 Å². The summed E-state index contributed by atoms with van der Waals surface area (Å²) < 4.78 is 4.94. The van der Waals surface area contributed by atoms with Crippen LogP contribution in [0.4, 0.5) is 0 Å². The SMILES string of the molecule is CCCC(=O)N[C@@H](CC(=O)OCC)c1ccc(C#N)cc1. The second-order valence-electron chi connectivity index (χ2n) is 4.61. The zero-order valence-corrected chi connectivity index (χ0v) is 12.4. The number of rotatable bonds is 7. The van der Waals surface area contributed by atoms with E-state index in [4.69, 9.17) is 10.00 Å². The van der Waals surface area contributed by atoms with Gasteiger partial charge >= 0.3 is 5.97 Å². The molecular weight excluding hydrogens is 268 g/mol. The molecule has 0 unspecified atom stereocenters. The molecule has 21 heavy (non-hydrogen) atoms. The third-order valence-corrected chi connectivity index (χ3v) is 2.93. The van der Waals surface area contributed by atoms with Crippen molar-refractivity contribution in [2.75, 3.05) is 6.61 Å². The van der Waals surface area contributed by atoms with E-state index in [1.807, 2.05) is 13.0 Å². The molecule has 1 N–H and O–H groups in total. The molecule has 0 saturated heterocycles. The maximum absolute atomic E-state index is 11.8. The summed E-state index contributed by atoms with van der Waals surface area (Å²) in [6.07, 6.45) is 1.23. The van der Waals surface area contributed by atoms with E-state index in [2.05, 4.69) is 5.32 Å². The van der Waals surface area contributed by atoms with Crippen molar-refractivity contribution >= 4 is 11.9 Å². The molecule has 5 nitrogen and oxygen atoms in total. The van der Waals surface area contributed by atoms with Crippen LogP contribution in [0, 0.1) is 11.3 Å². The molecule has 1 amide bonds. The van der Waals surface area contributed by atoms with Crippen molar-refractivity contribution < 1.29 is 14.3 Å². The smallest absolute Gasteiger partial charge is 0.308 e. The minimum Gasteiger partial charge on any atom is -0.466 e. The lowest BCUT2D eigenvalue weighted by molar-refractivity contribution is -0.143. The number of ether oxygens (including phenoxy) is 1. The molecule has 0 heterocycles. The predicted molar refractivity (Wildman–Crippen MR) is 78.2 cm³/mol. The van der Waals surface area contributed by atoms with E-state index in [9.17, 15) is 9.59 Å². The topological polar surface area (TPSA) is 79.2 Å². The molecule has 1 rings (SSSR count). The summed E-state index contributed by atoms with van der Waals surface area (Å²) in [4.78, 5) is 23.4. The van der Waals surface area contributed by atoms with Gasteiger partial charge in [-0.1, -0.05) is 19.1 Å². The van der Waals surface area contributed by atoms with Gasteiger partial charge in [-0.2, -0.15) is 5.26 Å². The van der Waals surface area contributed by atoms with Crippen LogP contribution < -0.4 is 5.32 Å². The normalized spacial score (nSPS) is 11.3. The number of nitrogens with zero attached hydrogens (tertiary/aromatic N) is 1. The molecule has 0 aromatic heterocycles. The summed E-state index contributed by atoms with van der Waals surface area (Å²) in [6, 6.07) is 8.42. The van der Waals surface area contributed by atoms with Crippen molar-refractivity contribution in [3.63, 3.8) is 0 Å². The molecule has 0 fully saturated rings. The molecule has 0 spiro atoms. The van der Waals surface area contributed by atoms with Crippen LogP contribution in [-0.4, -0.2) is 18.5 Å². The number of nitrogens with one attached hydrogen (secondary N) is 1. The summed E-state index contributed by atoms with van der Waals surface area (Å²) in [6.45, 7) is 3.97. The van der Waals surface area contributed by atoms with Crippen molar-refractivity contribution in [1.29, 1.82) is 5.26 Å². The van der Waals surface area contributed by atoms with Gasteiger partial charge in [-0.15, -0.1) is 0 Å². The maximum Gasteiger partial charge on any atom is 0.308 e. The van der Waals surface area contributed by atoms with Crippen LogP contribution in [0.3, 0.4) is 0 Å². The zero-order valence-electron chi connectivity index (χ0n) is 12.4. The van der Waals surface area contributed by atoms with Gasteiger partial charge in [0.1, 0.15) is 0 Å². The molecule has 1 aromatic carbocycles. The third-order valence-electron chi connectivity index (χ3n) is 2.93. The largest absolute Gasteiger partial charge is 0.466 e. The van der Waals surface area contributed by atoms with Gasteiger partial charge in [-0.3, -0.25) is 9.59 Å². The number of benzene rings is 1. The van der Waals surface area contributed by atoms with Gasteiger partial charge in [-0.25, -0.2) is 0 Å². The quantitative estimate of drug-likeness (QED) is 0.782. The van der Waals surface area contributed by atoms with Gasteiger partial charge < -0.3 is 10.1 Å². The first-order valence-corrected chi connectivity index (χ1v) is 7.05. The van der Waals surface area contributed by atoms with Gasteiger partial charge in [0.25, 0.3) is 0 Å². The second-order valence-corrected chi connectivity index (χ2v) is 4.61. The van der Waals surface area contributed by atoms with Crippen LogP contribution in [0.15, 0.2) is 24.3 Å². The number of hydrogen-bond acceptors (Lipinski definition) is 4. The van der Waals surface area contributed by atoms with E-state index < -0.39 is 6.04 Å². The first-order valence-electron chi connectivity index (χ1n) is 7.05. The average molecular weight is 288 g/mol. The highest BCUT2D eigenvalue weighted by molar-refractivity contribution is 5.78. The number of esters is 1. The van der Waals surface area contributed by atoms with Gasteiger partial charge in [-0.05, 0) is 31.0 Å². The maximum atomic E-state index is 11.8. The molecule has 0 aliphatic carbocycles. The second kappa shape index (κ2) is 8.75. The number of nitriles is 1. The molecule has 1 aromatic rings. The van der Waals surface area contributed by atoms with E-state index in [-0.39, 0.29) is 18.3 Å². The summed E-state index contributed by atoms with van der Waals surface area (Å²) in [5.41, 5.74) is 1.32. The third kappa shape index (κ3) is 5.65. The molecule has 0 aliphatic heterocycles. The van der Waals surface area contributed by atoms with Crippen LogP contribution in [0.5, 0.6) is 0 Å². The van der Waals surface area contributed by atoms with Crippen molar-refractivity contribution in [2.45, 2.75) is 39.2 Å². The van der Waals surface area contributed by atoms with Gasteiger partial charge in [0.2, 0.25) is 5.91 Å². The summed E-state index contributed by atoms with van der Waals surface area (Å²) in [7, 11) is 0. The summed E-state index contributed by atoms with van der Waals surface area (Å²) in [5.74, 6) is -0.459. The highest BCUT2D eigenvalue weighted by Crippen LogP contribution is 2.18. The Balaban J connectivity index is 2.86. The van der Waals surface area contributed by atoms with E-state index in [0.29, 0.717) is 18.6 Å². The predicted octanol–water partition coefficient (Wildman–Crippen LogP) is 2.47. The van der Waals surface area contributed by atoms with Crippen LogP contribution in [0.1, 0.15) is 50.3 Å². The van der Waals surface area contributed by atoms with E-state index in [1.54, 1.807) is 31.2 Å². The summed E-state index contributed by atoms with van der Waals surface area (Å²) in [5, 5.41) is 11.6. The summed E-state index contributed by atoms with van der Waals surface area (Å²) >= 11 is 0. The lowest BCUT2D eigenvalue weighted by Gasteiger charge is -2.18. The molecule has 0 saturated carbocycles. The highest BCUT2D eigenvalue weighted by atomic mass is 16.5. The first-order chi connectivity index (χ1) is 10.1.